The van der Waals surface area contributed by atoms with Crippen molar-refractivity contribution in [2.24, 2.45) is 0 Å². The van der Waals surface area contributed by atoms with Gasteiger partial charge in [0.2, 0.25) is 5.83 Å². The largest absolute Gasteiger partial charge is 0.490 e. The van der Waals surface area contributed by atoms with Crippen molar-refractivity contribution in [2.75, 3.05) is 6.61 Å². The van der Waals surface area contributed by atoms with Crippen molar-refractivity contribution in [1.29, 1.82) is 0 Å². The smallest absolute Gasteiger partial charge is 0.460 e. The second-order valence-corrected chi connectivity index (χ2v) is 6.92. The van der Waals surface area contributed by atoms with Crippen molar-refractivity contribution < 1.29 is 88.9 Å². The zero-order valence-corrected chi connectivity index (χ0v) is 18.2. The molecule has 1 rings (SSSR count). The van der Waals surface area contributed by atoms with Gasteiger partial charge in [-0.15, -0.1) is 0 Å². The minimum absolute atomic E-state index is 0.0712. The molecule has 0 unspecified atom stereocenters. The highest BCUT2D eigenvalue weighted by molar-refractivity contribution is 5.27. The normalized spacial score (nSPS) is 13.8. The Hall–Kier alpha value is -2.80. The van der Waals surface area contributed by atoms with Gasteiger partial charge in [0.05, 0.1) is 6.61 Å². The summed E-state index contributed by atoms with van der Waals surface area (Å²) in [6, 6.07) is 7.32. The Morgan fingerprint density at radius 2 is 1.05 bits per heavy atom. The number of benzene rings is 1. The highest BCUT2D eigenvalue weighted by Crippen LogP contribution is 2.63. The van der Waals surface area contributed by atoms with Gasteiger partial charge >= 0.3 is 47.8 Å². The van der Waals surface area contributed by atoms with E-state index in [1.54, 1.807) is 6.08 Å². The molecule has 1 N–H and O–H groups in total. The van der Waals surface area contributed by atoms with E-state index in [1.807, 2.05) is 24.3 Å². The summed E-state index contributed by atoms with van der Waals surface area (Å²) in [6.07, 6.45) is -10.6. The van der Waals surface area contributed by atoms with E-state index in [0.717, 1.165) is 11.3 Å². The highest BCUT2D eigenvalue weighted by atomic mass is 19.4. The van der Waals surface area contributed by atoms with Crippen LogP contribution in [0.25, 0.3) is 0 Å². The van der Waals surface area contributed by atoms with E-state index in [2.05, 4.69) is 6.58 Å². The predicted octanol–water partition coefficient (Wildman–Crippen LogP) is 8.18. The Balaban J connectivity index is 0.000000992. The first kappa shape index (κ1) is 36.2. The van der Waals surface area contributed by atoms with Crippen LogP contribution >= 0.6 is 0 Å². The Kier molecular flexibility index (Phi) is 10.9. The van der Waals surface area contributed by atoms with E-state index in [0.29, 0.717) is 6.61 Å². The van der Waals surface area contributed by atoms with Gasteiger partial charge in [-0.2, -0.15) is 79.0 Å². The fourth-order valence-corrected chi connectivity index (χ4v) is 2.07. The third kappa shape index (κ3) is 6.51. The zero-order chi connectivity index (χ0) is 31.5. The van der Waals surface area contributed by atoms with Gasteiger partial charge in [-0.3, -0.25) is 0 Å². The van der Waals surface area contributed by atoms with Gasteiger partial charge in [-0.05, 0) is 17.7 Å². The lowest BCUT2D eigenvalue weighted by Crippen LogP contribution is -2.72. The second-order valence-electron chi connectivity index (χ2n) is 6.92. The quantitative estimate of drug-likeness (QED) is 0.213. The van der Waals surface area contributed by atoms with Crippen LogP contribution in [0.3, 0.4) is 0 Å². The first-order valence-electron chi connectivity index (χ1n) is 9.20. The molecule has 0 bridgehead atoms. The molecule has 0 radical (unpaired) electrons. The van der Waals surface area contributed by atoms with Crippen molar-refractivity contribution in [1.82, 2.24) is 0 Å². The summed E-state index contributed by atoms with van der Waals surface area (Å²) >= 11 is 0. The van der Waals surface area contributed by atoms with Crippen LogP contribution in [0.1, 0.15) is 5.56 Å². The van der Waals surface area contributed by atoms with E-state index < -0.39 is 53.6 Å². The summed E-state index contributed by atoms with van der Waals surface area (Å²) in [6.45, 7) is 4.13. The van der Waals surface area contributed by atoms with Crippen molar-refractivity contribution in [2.45, 2.75) is 48.3 Å². The SMILES string of the molecule is C=CCOc1ccc(CO)cc1.FC(F)=C(F)C(F)(F)C(F)(F)C(F)(F)C(F)(F)C(F)(F)C(F)(F)C(F)(F)F. The third-order valence-corrected chi connectivity index (χ3v) is 4.24. The topological polar surface area (TPSA) is 29.5 Å². The maximum atomic E-state index is 12.9. The number of ether oxygens (including phenoxy) is 1. The lowest BCUT2D eigenvalue weighted by molar-refractivity contribution is -0.451. The number of rotatable bonds is 10. The number of aliphatic hydroxyl groups is 1. The molecule has 1 aromatic carbocycles. The Morgan fingerprint density at radius 3 is 1.38 bits per heavy atom. The second kappa shape index (κ2) is 11.7. The molecule has 0 amide bonds. The van der Waals surface area contributed by atoms with Gasteiger partial charge in [-0.1, -0.05) is 24.8 Å². The average molecular weight is 614 g/mol. The van der Waals surface area contributed by atoms with E-state index in [-0.39, 0.29) is 6.61 Å². The summed E-state index contributed by atoms with van der Waals surface area (Å²) in [7, 11) is 0. The van der Waals surface area contributed by atoms with Crippen LogP contribution < -0.4 is 4.74 Å². The van der Waals surface area contributed by atoms with Crippen LogP contribution in [0.5, 0.6) is 5.75 Å². The maximum absolute atomic E-state index is 12.9. The molecule has 20 heteroatoms. The van der Waals surface area contributed by atoms with Gasteiger partial charge in [0.15, 0.2) is 0 Å². The van der Waals surface area contributed by atoms with E-state index in [1.165, 1.54) is 0 Å². The monoisotopic (exact) mass is 614 g/mol. The summed E-state index contributed by atoms with van der Waals surface area (Å²) in [4.78, 5) is 0. The first-order valence-corrected chi connectivity index (χ1v) is 9.20. The van der Waals surface area contributed by atoms with Gasteiger partial charge in [0, 0.05) is 0 Å². The van der Waals surface area contributed by atoms with Gasteiger partial charge in [0.1, 0.15) is 12.4 Å². The van der Waals surface area contributed by atoms with Crippen molar-refractivity contribution >= 4 is 0 Å². The van der Waals surface area contributed by atoms with E-state index in [4.69, 9.17) is 9.84 Å². The third-order valence-electron chi connectivity index (χ3n) is 4.24. The molecule has 39 heavy (non-hydrogen) atoms. The highest BCUT2D eigenvalue weighted by Gasteiger charge is 2.93. The Morgan fingerprint density at radius 1 is 0.667 bits per heavy atom. The van der Waals surface area contributed by atoms with Crippen molar-refractivity contribution in [3.8, 4) is 5.75 Å². The number of hydrogen-bond acceptors (Lipinski definition) is 2. The minimum Gasteiger partial charge on any atom is -0.490 e. The van der Waals surface area contributed by atoms with Crippen molar-refractivity contribution in [3.63, 3.8) is 0 Å². The molecule has 2 nitrogen and oxygen atoms in total. The number of allylic oxidation sites excluding steroid dienone is 1. The molecule has 0 aliphatic carbocycles. The van der Waals surface area contributed by atoms with Crippen LogP contribution in [-0.4, -0.2) is 53.4 Å². The molecule has 0 saturated carbocycles. The van der Waals surface area contributed by atoms with Gasteiger partial charge < -0.3 is 9.84 Å². The Bertz CT molecular complexity index is 991. The average Bonchev–Trinajstić information content (AvgIpc) is 2.81. The Labute approximate surface area is 205 Å². The van der Waals surface area contributed by atoms with Gasteiger partial charge in [-0.25, -0.2) is 0 Å². The molecular formula is C19H12F18O2. The van der Waals surface area contributed by atoms with E-state index in [9.17, 15) is 79.0 Å². The summed E-state index contributed by atoms with van der Waals surface area (Å²) in [5.41, 5.74) is 0.890. The first-order chi connectivity index (χ1) is 17.2. The number of aliphatic hydroxyl groups excluding tert-OH is 1. The standard InChI is InChI=1S/C10H12O2.C9F18/c1-2-7-12-10-5-3-9(8-11)4-6-10;10-1(2(11)12)3(13,14)4(15,16)5(17,18)6(19,20)7(21,22)8(23,24)9(25,26)27/h2-6,11H,1,7-8H2;. The maximum Gasteiger partial charge on any atom is 0.460 e. The summed E-state index contributed by atoms with van der Waals surface area (Å²) in [5, 5.41) is 8.75. The molecule has 0 fully saturated rings. The van der Waals surface area contributed by atoms with E-state index >= 15 is 0 Å². The summed E-state index contributed by atoms with van der Waals surface area (Å²) < 4.78 is 229. The fraction of sp³-hybridized carbons (Fsp3) is 0.474. The van der Waals surface area contributed by atoms with Crippen LogP contribution in [0.15, 0.2) is 48.8 Å². The predicted molar refractivity (Wildman–Crippen MR) is 94.1 cm³/mol. The van der Waals surface area contributed by atoms with Gasteiger partial charge in [0.25, 0.3) is 0 Å². The van der Waals surface area contributed by atoms with Crippen LogP contribution in [0.4, 0.5) is 79.0 Å². The molecule has 0 spiro atoms. The fourth-order valence-electron chi connectivity index (χ4n) is 2.07. The number of hydrogen-bond donors (Lipinski definition) is 1. The number of alkyl halides is 15. The van der Waals surface area contributed by atoms with Crippen molar-refractivity contribution in [3.05, 3.63) is 54.4 Å². The lowest BCUT2D eigenvalue weighted by Gasteiger charge is -2.41. The van der Waals surface area contributed by atoms with Crippen LogP contribution in [0.2, 0.25) is 0 Å². The molecule has 0 saturated heterocycles. The molecular weight excluding hydrogens is 602 g/mol. The molecule has 226 valence electrons. The summed E-state index contributed by atoms with van der Waals surface area (Å²) in [5.74, 6) is -54.1. The number of halogens is 18. The lowest BCUT2D eigenvalue weighted by atomic mass is 9.91. The minimum atomic E-state index is -8.65. The van der Waals surface area contributed by atoms with Crippen LogP contribution in [-0.2, 0) is 6.61 Å². The molecule has 0 heterocycles. The molecule has 0 aliphatic rings. The molecule has 1 aromatic rings. The molecule has 0 atom stereocenters. The zero-order valence-electron chi connectivity index (χ0n) is 18.2. The van der Waals surface area contributed by atoms with Crippen LogP contribution in [0, 0.1) is 0 Å². The molecule has 0 aromatic heterocycles. The molecule has 0 aliphatic heterocycles.